The minimum atomic E-state index is -0.000458. The molecule has 0 radical (unpaired) electrons. The lowest BCUT2D eigenvalue weighted by atomic mass is 10.0. The number of benzene rings is 2. The lowest BCUT2D eigenvalue weighted by Gasteiger charge is -2.16. The van der Waals surface area contributed by atoms with Crippen molar-refractivity contribution in [3.63, 3.8) is 0 Å². The number of amides is 1. The van der Waals surface area contributed by atoms with Gasteiger partial charge in [0.25, 0.3) is 0 Å². The molecule has 1 N–H and O–H groups in total. The Labute approximate surface area is 155 Å². The number of ketones is 1. The Morgan fingerprint density at radius 3 is 2.12 bits per heavy atom. The molecule has 2 rings (SSSR count). The van der Waals surface area contributed by atoms with E-state index in [1.54, 1.807) is 11.9 Å². The fourth-order valence-electron chi connectivity index (χ4n) is 2.44. The number of carbonyl (C=O) groups excluding carboxylic acids is 2. The molecule has 134 valence electrons. The van der Waals surface area contributed by atoms with Gasteiger partial charge in [0.15, 0.2) is 5.78 Å². The van der Waals surface area contributed by atoms with Gasteiger partial charge in [-0.15, -0.1) is 12.4 Å². The first-order valence-electron chi connectivity index (χ1n) is 8.19. The van der Waals surface area contributed by atoms with Crippen LogP contribution >= 0.6 is 12.4 Å². The number of hydrogen-bond acceptors (Lipinski definition) is 3. The third-order valence-corrected chi connectivity index (χ3v) is 4.00. The number of rotatable bonds is 8. The highest BCUT2D eigenvalue weighted by Gasteiger charge is 2.12. The van der Waals surface area contributed by atoms with Crippen LogP contribution in [0.5, 0.6) is 0 Å². The first kappa shape index (κ1) is 20.9. The van der Waals surface area contributed by atoms with Crippen LogP contribution in [0.25, 0.3) is 11.1 Å². The van der Waals surface area contributed by atoms with E-state index in [1.807, 2.05) is 61.6 Å². The predicted molar refractivity (Wildman–Crippen MR) is 104 cm³/mol. The van der Waals surface area contributed by atoms with E-state index < -0.39 is 0 Å². The third-order valence-electron chi connectivity index (χ3n) is 4.00. The fourth-order valence-corrected chi connectivity index (χ4v) is 2.44. The summed E-state index contributed by atoms with van der Waals surface area (Å²) in [6.45, 7) is 1.40. The quantitative estimate of drug-likeness (QED) is 0.734. The van der Waals surface area contributed by atoms with Gasteiger partial charge >= 0.3 is 0 Å². The standard InChI is InChI=1S/C20H24N2O2.ClH/c1-21-14-15-22(2)20(24)13-12-19(23)18-10-8-17(9-11-18)16-6-4-3-5-7-16;/h3-11,21H,12-15H2,1-2H3;1H. The average Bonchev–Trinajstić information content (AvgIpc) is 2.64. The van der Waals surface area contributed by atoms with Gasteiger partial charge in [0.05, 0.1) is 0 Å². The van der Waals surface area contributed by atoms with Crippen LogP contribution in [0.4, 0.5) is 0 Å². The zero-order valence-electron chi connectivity index (χ0n) is 14.7. The van der Waals surface area contributed by atoms with E-state index >= 15 is 0 Å². The molecule has 2 aromatic carbocycles. The van der Waals surface area contributed by atoms with Crippen molar-refractivity contribution in [3.8, 4) is 11.1 Å². The van der Waals surface area contributed by atoms with Crippen molar-refractivity contribution < 1.29 is 9.59 Å². The Balaban J connectivity index is 0.00000312. The van der Waals surface area contributed by atoms with E-state index in [0.29, 0.717) is 12.1 Å². The van der Waals surface area contributed by atoms with E-state index in [2.05, 4.69) is 5.32 Å². The molecule has 0 aromatic heterocycles. The molecule has 0 heterocycles. The van der Waals surface area contributed by atoms with Gasteiger partial charge in [0, 0.05) is 38.5 Å². The van der Waals surface area contributed by atoms with Crippen LogP contribution in [0, 0.1) is 0 Å². The predicted octanol–water partition coefficient (Wildman–Crippen LogP) is 3.42. The second-order valence-corrected chi connectivity index (χ2v) is 5.79. The Morgan fingerprint density at radius 2 is 1.52 bits per heavy atom. The van der Waals surface area contributed by atoms with Gasteiger partial charge in [0.1, 0.15) is 0 Å². The van der Waals surface area contributed by atoms with Crippen molar-refractivity contribution in [1.82, 2.24) is 10.2 Å². The Bertz CT molecular complexity index is 672. The van der Waals surface area contributed by atoms with E-state index in [4.69, 9.17) is 0 Å². The highest BCUT2D eigenvalue weighted by Crippen LogP contribution is 2.20. The maximum atomic E-state index is 12.3. The second kappa shape index (κ2) is 10.6. The maximum absolute atomic E-state index is 12.3. The smallest absolute Gasteiger partial charge is 0.222 e. The monoisotopic (exact) mass is 360 g/mol. The molecule has 0 bridgehead atoms. The van der Waals surface area contributed by atoms with Crippen molar-refractivity contribution in [1.29, 1.82) is 0 Å². The molecule has 0 aliphatic heterocycles. The minimum absolute atomic E-state index is 0. The minimum Gasteiger partial charge on any atom is -0.344 e. The number of likely N-dealkylation sites (N-methyl/N-ethyl adjacent to an activating group) is 2. The van der Waals surface area contributed by atoms with Crippen molar-refractivity contribution in [3.05, 3.63) is 60.2 Å². The summed E-state index contributed by atoms with van der Waals surface area (Å²) in [4.78, 5) is 25.9. The van der Waals surface area contributed by atoms with Crippen LogP contribution in [0.1, 0.15) is 23.2 Å². The SMILES string of the molecule is CNCCN(C)C(=O)CCC(=O)c1ccc(-c2ccccc2)cc1.Cl. The van der Waals surface area contributed by atoms with E-state index in [9.17, 15) is 9.59 Å². The summed E-state index contributed by atoms with van der Waals surface area (Å²) in [5.41, 5.74) is 2.85. The average molecular weight is 361 g/mol. The molecule has 0 fully saturated rings. The van der Waals surface area contributed by atoms with Gasteiger partial charge in [0.2, 0.25) is 5.91 Å². The summed E-state index contributed by atoms with van der Waals surface area (Å²) in [6.07, 6.45) is 0.493. The zero-order chi connectivity index (χ0) is 17.4. The zero-order valence-corrected chi connectivity index (χ0v) is 15.5. The summed E-state index contributed by atoms with van der Waals surface area (Å²) in [6, 6.07) is 17.6. The summed E-state index contributed by atoms with van der Waals surface area (Å²) in [7, 11) is 3.61. The van der Waals surface area contributed by atoms with Crippen molar-refractivity contribution >= 4 is 24.1 Å². The van der Waals surface area contributed by atoms with E-state index in [-0.39, 0.29) is 36.9 Å². The maximum Gasteiger partial charge on any atom is 0.222 e. The number of Topliss-reactive ketones (excluding diaryl/α,β-unsaturated/α-hetero) is 1. The van der Waals surface area contributed by atoms with Gasteiger partial charge in [-0.1, -0.05) is 54.6 Å². The van der Waals surface area contributed by atoms with Crippen molar-refractivity contribution in [2.75, 3.05) is 27.2 Å². The topological polar surface area (TPSA) is 49.4 Å². The summed E-state index contributed by atoms with van der Waals surface area (Å²) in [5, 5.41) is 3.00. The molecular weight excluding hydrogens is 336 g/mol. The third kappa shape index (κ3) is 6.33. The first-order valence-corrected chi connectivity index (χ1v) is 8.19. The molecule has 5 heteroatoms. The number of nitrogens with zero attached hydrogens (tertiary/aromatic N) is 1. The molecule has 0 aliphatic carbocycles. The molecule has 0 saturated carbocycles. The lowest BCUT2D eigenvalue weighted by Crippen LogP contribution is -2.32. The fraction of sp³-hybridized carbons (Fsp3) is 0.300. The number of nitrogens with one attached hydrogen (secondary N) is 1. The molecule has 4 nitrogen and oxygen atoms in total. The first-order chi connectivity index (χ1) is 11.6. The number of carbonyl (C=O) groups is 2. The largest absolute Gasteiger partial charge is 0.344 e. The number of hydrogen-bond donors (Lipinski definition) is 1. The Kier molecular flexibility index (Phi) is 8.89. The van der Waals surface area contributed by atoms with Gasteiger partial charge in [-0.05, 0) is 18.2 Å². The van der Waals surface area contributed by atoms with Crippen LogP contribution in [0.3, 0.4) is 0 Å². The molecule has 0 atom stereocenters. The van der Waals surface area contributed by atoms with E-state index in [0.717, 1.165) is 17.7 Å². The molecule has 0 unspecified atom stereocenters. The summed E-state index contributed by atoms with van der Waals surface area (Å²) >= 11 is 0. The molecule has 0 aliphatic rings. The highest BCUT2D eigenvalue weighted by molar-refractivity contribution is 5.98. The molecule has 0 saturated heterocycles. The molecule has 0 spiro atoms. The van der Waals surface area contributed by atoms with Crippen molar-refractivity contribution in [2.24, 2.45) is 0 Å². The summed E-state index contributed by atoms with van der Waals surface area (Å²) < 4.78 is 0. The molecular formula is C20H25ClN2O2. The van der Waals surface area contributed by atoms with Gasteiger partial charge in [-0.3, -0.25) is 9.59 Å². The van der Waals surface area contributed by atoms with Crippen LogP contribution in [0.2, 0.25) is 0 Å². The normalized spacial score (nSPS) is 10.0. The Hall–Kier alpha value is -2.17. The highest BCUT2D eigenvalue weighted by atomic mass is 35.5. The van der Waals surface area contributed by atoms with Crippen LogP contribution in [-0.2, 0) is 4.79 Å². The second-order valence-electron chi connectivity index (χ2n) is 5.79. The molecule has 2 aromatic rings. The summed E-state index contributed by atoms with van der Waals surface area (Å²) in [5.74, 6) is 0.00415. The van der Waals surface area contributed by atoms with Crippen LogP contribution in [-0.4, -0.2) is 43.8 Å². The molecule has 1 amide bonds. The van der Waals surface area contributed by atoms with Crippen LogP contribution in [0.15, 0.2) is 54.6 Å². The Morgan fingerprint density at radius 1 is 0.920 bits per heavy atom. The van der Waals surface area contributed by atoms with E-state index in [1.165, 1.54) is 0 Å². The number of halogens is 1. The van der Waals surface area contributed by atoms with Gasteiger partial charge in [-0.25, -0.2) is 0 Å². The lowest BCUT2D eigenvalue weighted by molar-refractivity contribution is -0.129. The van der Waals surface area contributed by atoms with Gasteiger partial charge in [-0.2, -0.15) is 0 Å². The van der Waals surface area contributed by atoms with Crippen LogP contribution < -0.4 is 5.32 Å². The van der Waals surface area contributed by atoms with Crippen molar-refractivity contribution in [2.45, 2.75) is 12.8 Å². The van der Waals surface area contributed by atoms with Gasteiger partial charge < -0.3 is 10.2 Å². The molecule has 25 heavy (non-hydrogen) atoms.